The van der Waals surface area contributed by atoms with E-state index < -0.39 is 0 Å². The molecule has 0 atom stereocenters. The predicted molar refractivity (Wildman–Crippen MR) is 111 cm³/mol. The minimum Gasteiger partial charge on any atom is -0.484 e. The number of benzene rings is 2. The summed E-state index contributed by atoms with van der Waals surface area (Å²) in [5, 5.41) is 5.74. The second kappa shape index (κ2) is 7.75. The number of hydrogen-bond acceptors (Lipinski definition) is 7. The number of anilines is 3. The molecule has 148 valence electrons. The molecule has 1 aliphatic rings. The van der Waals surface area contributed by atoms with E-state index in [0.29, 0.717) is 30.5 Å². The summed E-state index contributed by atoms with van der Waals surface area (Å²) in [4.78, 5) is 26.8. The average Bonchev–Trinajstić information content (AvgIpc) is 2.72. The Morgan fingerprint density at radius 3 is 2.66 bits per heavy atom. The van der Waals surface area contributed by atoms with E-state index in [4.69, 9.17) is 4.74 Å². The largest absolute Gasteiger partial charge is 0.484 e. The number of amides is 1. The van der Waals surface area contributed by atoms with Gasteiger partial charge in [0.25, 0.3) is 5.91 Å². The van der Waals surface area contributed by atoms with E-state index in [1.54, 1.807) is 25.2 Å². The topological polar surface area (TPSA) is 92.3 Å². The Kier molecular flexibility index (Phi) is 4.99. The van der Waals surface area contributed by atoms with Crippen molar-refractivity contribution in [3.05, 3.63) is 66.5 Å². The summed E-state index contributed by atoms with van der Waals surface area (Å²) < 4.78 is 6.10. The minimum atomic E-state index is -0.288. The lowest BCUT2D eigenvalue weighted by molar-refractivity contribution is 0.0569. The molecule has 0 unspecified atom stereocenters. The number of carbonyl (C=O) groups is 1. The van der Waals surface area contributed by atoms with Crippen LogP contribution in [0.15, 0.2) is 60.9 Å². The smallest absolute Gasteiger partial charge is 0.251 e. The zero-order valence-corrected chi connectivity index (χ0v) is 16.3. The molecule has 0 radical (unpaired) electrons. The van der Waals surface area contributed by atoms with E-state index in [1.807, 2.05) is 41.3 Å². The monoisotopic (exact) mass is 390 g/mol. The van der Waals surface area contributed by atoms with E-state index in [9.17, 15) is 4.79 Å². The minimum absolute atomic E-state index is 0.150. The van der Waals surface area contributed by atoms with Crippen molar-refractivity contribution in [1.29, 1.82) is 0 Å². The van der Waals surface area contributed by atoms with Crippen LogP contribution in [0.4, 0.5) is 17.6 Å². The lowest BCUT2D eigenvalue weighted by Gasteiger charge is -2.47. The van der Waals surface area contributed by atoms with Gasteiger partial charge >= 0.3 is 0 Å². The number of hydrogen-bond donors (Lipinski definition) is 2. The zero-order chi connectivity index (χ0) is 20.3. The Morgan fingerprint density at radius 2 is 1.90 bits per heavy atom. The number of aromatic nitrogens is 3. The fourth-order valence-corrected chi connectivity index (χ4v) is 3.25. The SMILES string of the molecule is CNC(=O)c1cccc(Nc2ncnc(N3CC(C)(Oc4ccccc4)C3)n2)c1. The van der Waals surface area contributed by atoms with Crippen LogP contribution < -0.4 is 20.3 Å². The summed E-state index contributed by atoms with van der Waals surface area (Å²) in [6, 6.07) is 16.9. The van der Waals surface area contributed by atoms with E-state index in [1.165, 1.54) is 6.33 Å². The van der Waals surface area contributed by atoms with E-state index in [0.717, 1.165) is 11.4 Å². The molecule has 2 heterocycles. The molecule has 2 aromatic carbocycles. The van der Waals surface area contributed by atoms with E-state index in [2.05, 4.69) is 32.5 Å². The Morgan fingerprint density at radius 1 is 1.10 bits per heavy atom. The van der Waals surface area contributed by atoms with Crippen molar-refractivity contribution in [2.45, 2.75) is 12.5 Å². The Bertz CT molecular complexity index is 1000. The van der Waals surface area contributed by atoms with Gasteiger partial charge in [-0.25, -0.2) is 9.97 Å². The van der Waals surface area contributed by atoms with Gasteiger partial charge < -0.3 is 20.3 Å². The Hall–Kier alpha value is -3.68. The molecule has 1 amide bonds. The summed E-state index contributed by atoms with van der Waals surface area (Å²) in [6.07, 6.45) is 1.47. The maximum atomic E-state index is 11.8. The summed E-state index contributed by atoms with van der Waals surface area (Å²) in [6.45, 7) is 3.43. The van der Waals surface area contributed by atoms with Gasteiger partial charge in [0.15, 0.2) is 0 Å². The fourth-order valence-electron chi connectivity index (χ4n) is 3.25. The lowest BCUT2D eigenvalue weighted by Crippen LogP contribution is -2.64. The molecule has 0 aliphatic carbocycles. The van der Waals surface area contributed by atoms with Gasteiger partial charge in [0.2, 0.25) is 11.9 Å². The van der Waals surface area contributed by atoms with Gasteiger partial charge in [0.05, 0.1) is 13.1 Å². The standard InChI is InChI=1S/C21H22N6O2/c1-21(29-17-9-4-3-5-10-17)12-27(13-21)20-24-14-23-19(26-20)25-16-8-6-7-15(11-16)18(28)22-2/h3-11,14H,12-13H2,1-2H3,(H,22,28)(H,23,24,25,26). The third-order valence-corrected chi connectivity index (χ3v) is 4.61. The van der Waals surface area contributed by atoms with E-state index >= 15 is 0 Å². The number of nitrogens with zero attached hydrogens (tertiary/aromatic N) is 4. The van der Waals surface area contributed by atoms with Crippen LogP contribution in [0.3, 0.4) is 0 Å². The van der Waals surface area contributed by atoms with Gasteiger partial charge in [0.1, 0.15) is 17.7 Å². The van der Waals surface area contributed by atoms with E-state index in [-0.39, 0.29) is 11.5 Å². The molecular formula is C21H22N6O2. The van der Waals surface area contributed by atoms with Crippen molar-refractivity contribution in [2.24, 2.45) is 0 Å². The summed E-state index contributed by atoms with van der Waals surface area (Å²) in [5.74, 6) is 1.70. The molecule has 1 saturated heterocycles. The Labute approximate surface area is 169 Å². The number of rotatable bonds is 6. The highest BCUT2D eigenvalue weighted by atomic mass is 16.5. The average molecular weight is 390 g/mol. The normalized spacial score (nSPS) is 14.6. The van der Waals surface area contributed by atoms with Crippen LogP contribution in [-0.4, -0.2) is 46.6 Å². The summed E-state index contributed by atoms with van der Waals surface area (Å²) in [5.41, 5.74) is 0.996. The molecular weight excluding hydrogens is 368 g/mol. The molecule has 0 bridgehead atoms. The zero-order valence-electron chi connectivity index (χ0n) is 16.3. The van der Waals surface area contributed by atoms with Crippen molar-refractivity contribution < 1.29 is 9.53 Å². The fraction of sp³-hybridized carbons (Fsp3) is 0.238. The summed E-state index contributed by atoms with van der Waals surface area (Å²) >= 11 is 0. The van der Waals surface area contributed by atoms with Gasteiger partial charge in [-0.15, -0.1) is 0 Å². The molecule has 1 aromatic heterocycles. The first kappa shape index (κ1) is 18.7. The molecule has 2 N–H and O–H groups in total. The van der Waals surface area contributed by atoms with Crippen molar-refractivity contribution in [2.75, 3.05) is 30.4 Å². The second-order valence-corrected chi connectivity index (χ2v) is 7.12. The van der Waals surface area contributed by atoms with Crippen LogP contribution in [0.2, 0.25) is 0 Å². The molecule has 0 spiro atoms. The van der Waals surface area contributed by atoms with Crippen molar-refractivity contribution in [3.63, 3.8) is 0 Å². The molecule has 3 aromatic rings. The number of para-hydroxylation sites is 1. The first-order chi connectivity index (χ1) is 14.0. The summed E-state index contributed by atoms with van der Waals surface area (Å²) in [7, 11) is 1.60. The van der Waals surface area contributed by atoms with Crippen molar-refractivity contribution in [3.8, 4) is 5.75 Å². The molecule has 1 aliphatic heterocycles. The third-order valence-electron chi connectivity index (χ3n) is 4.61. The molecule has 1 fully saturated rings. The van der Waals surface area contributed by atoms with Crippen molar-refractivity contribution >= 4 is 23.5 Å². The first-order valence-corrected chi connectivity index (χ1v) is 9.32. The predicted octanol–water partition coefficient (Wildman–Crippen LogP) is 2.63. The van der Waals surface area contributed by atoms with Crippen LogP contribution in [0.5, 0.6) is 5.75 Å². The highest BCUT2D eigenvalue weighted by Gasteiger charge is 2.42. The highest BCUT2D eigenvalue weighted by molar-refractivity contribution is 5.95. The van der Waals surface area contributed by atoms with Crippen molar-refractivity contribution in [1.82, 2.24) is 20.3 Å². The second-order valence-electron chi connectivity index (χ2n) is 7.12. The maximum absolute atomic E-state index is 11.8. The van der Waals surface area contributed by atoms with Crippen LogP contribution >= 0.6 is 0 Å². The number of ether oxygens (including phenoxy) is 1. The third kappa shape index (κ3) is 4.26. The highest BCUT2D eigenvalue weighted by Crippen LogP contribution is 2.30. The number of nitrogens with one attached hydrogen (secondary N) is 2. The maximum Gasteiger partial charge on any atom is 0.251 e. The molecule has 8 nitrogen and oxygen atoms in total. The molecule has 29 heavy (non-hydrogen) atoms. The Balaban J connectivity index is 1.42. The van der Waals surface area contributed by atoms with Gasteiger partial charge in [0, 0.05) is 18.3 Å². The lowest BCUT2D eigenvalue weighted by atomic mass is 9.97. The van der Waals surface area contributed by atoms with Gasteiger partial charge in [-0.1, -0.05) is 24.3 Å². The van der Waals surface area contributed by atoms with Gasteiger partial charge in [-0.2, -0.15) is 4.98 Å². The van der Waals surface area contributed by atoms with Crippen LogP contribution in [0.1, 0.15) is 17.3 Å². The van der Waals surface area contributed by atoms with Crippen LogP contribution in [0.25, 0.3) is 0 Å². The van der Waals surface area contributed by atoms with Gasteiger partial charge in [-0.05, 0) is 37.3 Å². The van der Waals surface area contributed by atoms with Gasteiger partial charge in [-0.3, -0.25) is 4.79 Å². The van der Waals surface area contributed by atoms with Crippen LogP contribution in [0, 0.1) is 0 Å². The quantitative estimate of drug-likeness (QED) is 0.668. The molecule has 0 saturated carbocycles. The van der Waals surface area contributed by atoms with Crippen LogP contribution in [-0.2, 0) is 0 Å². The molecule has 8 heteroatoms. The molecule has 4 rings (SSSR count). The first-order valence-electron chi connectivity index (χ1n) is 9.32. The number of carbonyl (C=O) groups excluding carboxylic acids is 1.